The molecule has 0 N–H and O–H groups in total. The van der Waals surface area contributed by atoms with E-state index in [1.807, 2.05) is 36.6 Å². The van der Waals surface area contributed by atoms with Gasteiger partial charge in [-0.3, -0.25) is 4.79 Å². The van der Waals surface area contributed by atoms with Gasteiger partial charge in [-0.15, -0.1) is 0 Å². The topological polar surface area (TPSA) is 62.0 Å². The average molecular weight is 435 g/mol. The molecule has 0 bridgehead atoms. The normalized spacial score (nSPS) is 11.8. The molecule has 6 nitrogen and oxygen atoms in total. The number of rotatable bonds is 8. The van der Waals surface area contributed by atoms with E-state index in [-0.39, 0.29) is 5.91 Å². The van der Waals surface area contributed by atoms with E-state index in [1.54, 1.807) is 25.3 Å². The van der Waals surface area contributed by atoms with Crippen molar-refractivity contribution in [1.82, 2.24) is 4.57 Å². The van der Waals surface area contributed by atoms with Crippen molar-refractivity contribution >= 4 is 39.1 Å². The fourth-order valence-corrected chi connectivity index (χ4v) is 4.20. The Morgan fingerprint density at radius 3 is 2.59 bits per heavy atom. The van der Waals surface area contributed by atoms with Crippen LogP contribution in [-0.4, -0.2) is 37.4 Å². The number of aromatic nitrogens is 1. The summed E-state index contributed by atoms with van der Waals surface area (Å²) in [4.78, 5) is 17.8. The van der Waals surface area contributed by atoms with Gasteiger partial charge in [0.2, 0.25) is 0 Å². The molecular formula is C21H23ClN2O4S. The summed E-state index contributed by atoms with van der Waals surface area (Å²) in [5, 5.41) is 0.642. The van der Waals surface area contributed by atoms with E-state index >= 15 is 0 Å². The maximum Gasteiger partial charge on any atom is 0.279 e. The minimum atomic E-state index is -0.349. The number of carbonyl (C=O) groups is 1. The highest BCUT2D eigenvalue weighted by atomic mass is 35.5. The molecule has 1 aromatic heterocycles. The van der Waals surface area contributed by atoms with Crippen LogP contribution in [0.1, 0.15) is 24.2 Å². The molecule has 154 valence electrons. The van der Waals surface area contributed by atoms with Crippen LogP contribution in [0.25, 0.3) is 10.2 Å². The Balaban J connectivity index is 2.04. The molecule has 0 radical (unpaired) electrons. The molecule has 3 rings (SSSR count). The summed E-state index contributed by atoms with van der Waals surface area (Å²) < 4.78 is 19.3. The highest BCUT2D eigenvalue weighted by molar-refractivity contribution is 7.16. The molecule has 0 saturated carbocycles. The zero-order chi connectivity index (χ0) is 20.8. The highest BCUT2D eigenvalue weighted by Crippen LogP contribution is 2.29. The smallest absolute Gasteiger partial charge is 0.279 e. The van der Waals surface area contributed by atoms with Crippen LogP contribution < -0.4 is 14.3 Å². The second-order valence-corrected chi connectivity index (χ2v) is 7.53. The van der Waals surface area contributed by atoms with Gasteiger partial charge < -0.3 is 18.8 Å². The van der Waals surface area contributed by atoms with E-state index in [9.17, 15) is 4.79 Å². The minimum Gasteiger partial charge on any atom is -0.490 e. The van der Waals surface area contributed by atoms with Crippen molar-refractivity contribution in [3.63, 3.8) is 0 Å². The van der Waals surface area contributed by atoms with Crippen molar-refractivity contribution in [2.45, 2.75) is 20.4 Å². The fourth-order valence-electron chi connectivity index (χ4n) is 2.87. The number of fused-ring (bicyclic) bond motifs is 1. The molecule has 1 heterocycles. The Morgan fingerprint density at radius 1 is 1.10 bits per heavy atom. The third-order valence-corrected chi connectivity index (χ3v) is 5.43. The van der Waals surface area contributed by atoms with Crippen molar-refractivity contribution in [2.24, 2.45) is 4.99 Å². The number of ether oxygens (including phenoxy) is 3. The van der Waals surface area contributed by atoms with Gasteiger partial charge in [0.05, 0.1) is 30.0 Å². The fraction of sp³-hybridized carbons (Fsp3) is 0.333. The summed E-state index contributed by atoms with van der Waals surface area (Å²) in [5.41, 5.74) is 1.40. The Kier molecular flexibility index (Phi) is 7.30. The lowest BCUT2D eigenvalue weighted by molar-refractivity contribution is 0.0997. The van der Waals surface area contributed by atoms with Gasteiger partial charge in [-0.05, 0) is 50.2 Å². The number of hydrogen-bond donors (Lipinski definition) is 0. The summed E-state index contributed by atoms with van der Waals surface area (Å²) in [7, 11) is 1.64. The molecular weight excluding hydrogens is 412 g/mol. The van der Waals surface area contributed by atoms with Crippen molar-refractivity contribution < 1.29 is 19.0 Å². The predicted octanol–water partition coefficient (Wildman–Crippen LogP) is 4.54. The second-order valence-electron chi connectivity index (χ2n) is 6.09. The second kappa shape index (κ2) is 9.91. The minimum absolute atomic E-state index is 0.349. The van der Waals surface area contributed by atoms with Crippen LogP contribution in [0, 0.1) is 0 Å². The molecule has 3 aromatic rings. The summed E-state index contributed by atoms with van der Waals surface area (Å²) in [5.74, 6) is 0.793. The van der Waals surface area contributed by atoms with Crippen LogP contribution in [0.5, 0.6) is 11.5 Å². The molecule has 0 saturated heterocycles. The summed E-state index contributed by atoms with van der Waals surface area (Å²) in [6.07, 6.45) is 0. The number of hydrogen-bond acceptors (Lipinski definition) is 5. The number of methoxy groups -OCH3 is 1. The van der Waals surface area contributed by atoms with E-state index in [2.05, 4.69) is 4.99 Å². The van der Waals surface area contributed by atoms with E-state index < -0.39 is 0 Å². The van der Waals surface area contributed by atoms with E-state index in [0.29, 0.717) is 53.3 Å². The monoisotopic (exact) mass is 434 g/mol. The lowest BCUT2D eigenvalue weighted by atomic mass is 10.2. The Labute approximate surface area is 178 Å². The van der Waals surface area contributed by atoms with Crippen molar-refractivity contribution in [1.29, 1.82) is 0 Å². The number of thiazole rings is 1. The highest BCUT2D eigenvalue weighted by Gasteiger charge is 2.13. The van der Waals surface area contributed by atoms with Crippen LogP contribution in [0.2, 0.25) is 5.02 Å². The Bertz CT molecular complexity index is 1070. The van der Waals surface area contributed by atoms with Crippen LogP contribution in [0.4, 0.5) is 0 Å². The van der Waals surface area contributed by atoms with Crippen LogP contribution >= 0.6 is 22.9 Å². The van der Waals surface area contributed by atoms with Crippen LogP contribution in [0.15, 0.2) is 41.4 Å². The molecule has 0 unspecified atom stereocenters. The van der Waals surface area contributed by atoms with Crippen LogP contribution in [0.3, 0.4) is 0 Å². The van der Waals surface area contributed by atoms with Gasteiger partial charge in [-0.2, -0.15) is 4.99 Å². The molecule has 29 heavy (non-hydrogen) atoms. The molecule has 2 aromatic carbocycles. The number of halogens is 1. The van der Waals surface area contributed by atoms with Gasteiger partial charge in [0.25, 0.3) is 5.91 Å². The first-order valence-electron chi connectivity index (χ1n) is 9.33. The van der Waals surface area contributed by atoms with Crippen molar-refractivity contribution in [3.05, 3.63) is 51.8 Å². The third-order valence-electron chi connectivity index (χ3n) is 4.15. The average Bonchev–Trinajstić information content (AvgIpc) is 3.03. The van der Waals surface area contributed by atoms with Crippen LogP contribution in [-0.2, 0) is 11.3 Å². The van der Waals surface area contributed by atoms with Gasteiger partial charge in [0.15, 0.2) is 16.3 Å². The van der Waals surface area contributed by atoms with E-state index in [1.165, 1.54) is 11.3 Å². The van der Waals surface area contributed by atoms with Gasteiger partial charge >= 0.3 is 0 Å². The maximum atomic E-state index is 12.9. The first kappa shape index (κ1) is 21.4. The van der Waals surface area contributed by atoms with Gasteiger partial charge in [0, 0.05) is 24.2 Å². The lowest BCUT2D eigenvalue weighted by Crippen LogP contribution is -2.19. The molecule has 1 amide bonds. The predicted molar refractivity (Wildman–Crippen MR) is 115 cm³/mol. The van der Waals surface area contributed by atoms with Gasteiger partial charge in [-0.25, -0.2) is 0 Å². The number of benzene rings is 2. The standard InChI is InChI=1S/C21H23ClN2O4S/c1-4-27-17-9-6-14(12-18(17)28-5-2)20(25)23-21-24(10-11-26-3)16-8-7-15(22)13-19(16)29-21/h6-9,12-13H,4-5,10-11H2,1-3H3. The number of nitrogens with zero attached hydrogens (tertiary/aromatic N) is 2. The lowest BCUT2D eigenvalue weighted by Gasteiger charge is -2.11. The van der Waals surface area contributed by atoms with E-state index in [0.717, 1.165) is 10.2 Å². The Hall–Kier alpha value is -2.35. The number of carbonyl (C=O) groups excluding carboxylic acids is 1. The summed E-state index contributed by atoms with van der Waals surface area (Å²) >= 11 is 7.54. The first-order valence-corrected chi connectivity index (χ1v) is 10.5. The largest absolute Gasteiger partial charge is 0.490 e. The van der Waals surface area contributed by atoms with Gasteiger partial charge in [-0.1, -0.05) is 22.9 Å². The zero-order valence-corrected chi connectivity index (χ0v) is 18.2. The molecule has 0 aliphatic heterocycles. The quantitative estimate of drug-likeness (QED) is 0.522. The summed E-state index contributed by atoms with van der Waals surface area (Å²) in [6.45, 7) is 5.86. The SMILES string of the molecule is CCOc1ccc(C(=O)N=c2sc3cc(Cl)ccc3n2CCOC)cc1OCC. The summed E-state index contributed by atoms with van der Waals surface area (Å²) in [6, 6.07) is 10.7. The Morgan fingerprint density at radius 2 is 1.86 bits per heavy atom. The number of amides is 1. The first-order chi connectivity index (χ1) is 14.1. The maximum absolute atomic E-state index is 12.9. The van der Waals surface area contributed by atoms with Crippen molar-refractivity contribution in [3.8, 4) is 11.5 Å². The molecule has 0 aliphatic rings. The van der Waals surface area contributed by atoms with E-state index in [4.69, 9.17) is 25.8 Å². The molecule has 0 atom stereocenters. The molecule has 8 heteroatoms. The molecule has 0 spiro atoms. The van der Waals surface area contributed by atoms with Crippen molar-refractivity contribution in [2.75, 3.05) is 26.9 Å². The third kappa shape index (κ3) is 4.98. The molecule has 0 aliphatic carbocycles. The zero-order valence-electron chi connectivity index (χ0n) is 16.6. The molecule has 0 fully saturated rings. The van der Waals surface area contributed by atoms with Gasteiger partial charge in [0.1, 0.15) is 0 Å².